The van der Waals surface area contributed by atoms with Gasteiger partial charge in [0.2, 0.25) is 5.78 Å². The number of hydrazone groups is 1. The van der Waals surface area contributed by atoms with Crippen molar-refractivity contribution in [2.45, 2.75) is 6.92 Å². The largest absolute Gasteiger partial charge is 0.290 e. The van der Waals surface area contributed by atoms with E-state index in [4.69, 9.17) is 0 Å². The van der Waals surface area contributed by atoms with E-state index in [0.717, 1.165) is 5.69 Å². The zero-order valence-corrected chi connectivity index (χ0v) is 8.40. The Morgan fingerprint density at radius 2 is 2.07 bits per heavy atom. The molecule has 0 atom stereocenters. The zero-order chi connectivity index (χ0) is 10.7. The molecule has 2 rings (SSSR count). The molecule has 0 bridgehead atoms. The number of anilines is 1. The summed E-state index contributed by atoms with van der Waals surface area (Å²) in [6, 6.07) is 9.50. The zero-order valence-electron chi connectivity index (χ0n) is 8.40. The lowest BCUT2D eigenvalue weighted by Crippen LogP contribution is -2.17. The first kappa shape index (κ1) is 9.58. The predicted molar refractivity (Wildman–Crippen MR) is 60.5 cm³/mol. The SMILES string of the molecule is CC1=NCC(=O)C1=NNc1ccccc1. The highest BCUT2D eigenvalue weighted by Crippen LogP contribution is 2.06. The molecule has 1 aliphatic rings. The number of ketones is 1. The van der Waals surface area contributed by atoms with Gasteiger partial charge in [-0.15, -0.1) is 0 Å². The molecule has 0 fully saturated rings. The Balaban J connectivity index is 2.12. The quantitative estimate of drug-likeness (QED) is 0.737. The molecule has 76 valence electrons. The summed E-state index contributed by atoms with van der Waals surface area (Å²) in [5, 5.41) is 4.04. The lowest BCUT2D eigenvalue weighted by molar-refractivity contribution is -0.111. The molecule has 0 unspecified atom stereocenters. The molecule has 1 aromatic carbocycles. The molecule has 1 N–H and O–H groups in total. The van der Waals surface area contributed by atoms with Crippen LogP contribution < -0.4 is 5.43 Å². The van der Waals surface area contributed by atoms with Crippen LogP contribution in [0, 0.1) is 0 Å². The van der Waals surface area contributed by atoms with Crippen LogP contribution in [-0.2, 0) is 4.79 Å². The maximum Gasteiger partial charge on any atom is 0.206 e. The standard InChI is InChI=1S/C11H11N3O/c1-8-11(10(15)7-12-8)14-13-9-5-3-2-4-6-9/h2-6,13H,7H2,1H3. The van der Waals surface area contributed by atoms with Crippen LogP contribution in [0.5, 0.6) is 0 Å². The molecular formula is C11H11N3O. The van der Waals surface area contributed by atoms with Crippen molar-refractivity contribution < 1.29 is 4.79 Å². The van der Waals surface area contributed by atoms with Crippen LogP contribution >= 0.6 is 0 Å². The second-order valence-electron chi connectivity index (χ2n) is 3.26. The van der Waals surface area contributed by atoms with Crippen LogP contribution in [0.25, 0.3) is 0 Å². The van der Waals surface area contributed by atoms with Gasteiger partial charge in [-0.25, -0.2) is 0 Å². The van der Waals surface area contributed by atoms with Crippen LogP contribution in [0.3, 0.4) is 0 Å². The summed E-state index contributed by atoms with van der Waals surface area (Å²) in [6.45, 7) is 2.01. The number of benzene rings is 1. The van der Waals surface area contributed by atoms with Crippen LogP contribution in [-0.4, -0.2) is 23.8 Å². The number of carbonyl (C=O) groups is 1. The van der Waals surface area contributed by atoms with E-state index in [1.54, 1.807) is 6.92 Å². The van der Waals surface area contributed by atoms with E-state index in [2.05, 4.69) is 15.5 Å². The molecule has 0 saturated heterocycles. The van der Waals surface area contributed by atoms with Crippen molar-refractivity contribution in [3.05, 3.63) is 30.3 Å². The molecule has 4 heteroatoms. The fraction of sp³-hybridized carbons (Fsp3) is 0.182. The van der Waals surface area contributed by atoms with E-state index >= 15 is 0 Å². The third-order valence-electron chi connectivity index (χ3n) is 2.14. The summed E-state index contributed by atoms with van der Waals surface area (Å²) in [7, 11) is 0. The van der Waals surface area contributed by atoms with Gasteiger partial charge in [0.25, 0.3) is 0 Å². The van der Waals surface area contributed by atoms with Gasteiger partial charge in [-0.2, -0.15) is 5.10 Å². The third-order valence-corrected chi connectivity index (χ3v) is 2.14. The summed E-state index contributed by atoms with van der Waals surface area (Å²) in [5.41, 5.74) is 4.82. The average molecular weight is 201 g/mol. The summed E-state index contributed by atoms with van der Waals surface area (Å²) in [6.07, 6.45) is 0. The Kier molecular flexibility index (Phi) is 2.58. The predicted octanol–water partition coefficient (Wildman–Crippen LogP) is 1.50. The van der Waals surface area contributed by atoms with Crippen LogP contribution in [0.1, 0.15) is 6.92 Å². The van der Waals surface area contributed by atoms with Gasteiger partial charge < -0.3 is 0 Å². The highest BCUT2D eigenvalue weighted by molar-refractivity contribution is 6.69. The van der Waals surface area contributed by atoms with Gasteiger partial charge in [-0.3, -0.25) is 15.2 Å². The second-order valence-corrected chi connectivity index (χ2v) is 3.26. The number of rotatable bonds is 2. The van der Waals surface area contributed by atoms with E-state index in [9.17, 15) is 4.79 Å². The lowest BCUT2D eigenvalue weighted by atomic mass is 10.2. The first-order valence-electron chi connectivity index (χ1n) is 4.71. The molecule has 15 heavy (non-hydrogen) atoms. The number of aliphatic imine (C=N–C) groups is 1. The summed E-state index contributed by atoms with van der Waals surface area (Å²) < 4.78 is 0. The number of nitrogens with zero attached hydrogens (tertiary/aromatic N) is 2. The van der Waals surface area contributed by atoms with E-state index in [1.165, 1.54) is 0 Å². The normalized spacial score (nSPS) is 18.1. The number of nitrogens with one attached hydrogen (secondary N) is 1. The summed E-state index contributed by atoms with van der Waals surface area (Å²) in [4.78, 5) is 15.3. The van der Waals surface area contributed by atoms with E-state index in [-0.39, 0.29) is 12.3 Å². The molecule has 0 aromatic heterocycles. The Hall–Kier alpha value is -1.97. The Morgan fingerprint density at radius 1 is 1.33 bits per heavy atom. The number of carbonyl (C=O) groups excluding carboxylic acids is 1. The van der Waals surface area contributed by atoms with Gasteiger partial charge >= 0.3 is 0 Å². The fourth-order valence-corrected chi connectivity index (χ4v) is 1.32. The average Bonchev–Trinajstić information content (AvgIpc) is 2.58. The summed E-state index contributed by atoms with van der Waals surface area (Å²) >= 11 is 0. The molecule has 0 amide bonds. The molecular weight excluding hydrogens is 190 g/mol. The number of hydrogen-bond donors (Lipinski definition) is 1. The van der Waals surface area contributed by atoms with E-state index in [1.807, 2.05) is 30.3 Å². The van der Waals surface area contributed by atoms with Crippen LogP contribution in [0.15, 0.2) is 40.4 Å². The summed E-state index contributed by atoms with van der Waals surface area (Å²) in [5.74, 6) is -0.0315. The highest BCUT2D eigenvalue weighted by atomic mass is 16.1. The van der Waals surface area contributed by atoms with Gasteiger partial charge in [0.05, 0.1) is 11.4 Å². The number of para-hydroxylation sites is 1. The van der Waals surface area contributed by atoms with E-state index in [0.29, 0.717) is 11.4 Å². The first-order valence-corrected chi connectivity index (χ1v) is 4.71. The number of hydrogen-bond acceptors (Lipinski definition) is 4. The van der Waals surface area contributed by atoms with E-state index < -0.39 is 0 Å². The Bertz CT molecular complexity index is 434. The van der Waals surface area contributed by atoms with Gasteiger partial charge in [0, 0.05) is 0 Å². The van der Waals surface area contributed by atoms with Gasteiger partial charge in [0.15, 0.2) is 0 Å². The maximum absolute atomic E-state index is 11.3. The van der Waals surface area contributed by atoms with Crippen molar-refractivity contribution in [1.29, 1.82) is 0 Å². The molecule has 1 heterocycles. The van der Waals surface area contributed by atoms with Gasteiger partial charge in [0.1, 0.15) is 12.3 Å². The molecule has 1 aliphatic heterocycles. The van der Waals surface area contributed by atoms with Crippen molar-refractivity contribution in [3.8, 4) is 0 Å². The lowest BCUT2D eigenvalue weighted by Gasteiger charge is -2.00. The molecule has 0 radical (unpaired) electrons. The van der Waals surface area contributed by atoms with Crippen molar-refractivity contribution >= 4 is 22.9 Å². The molecule has 0 spiro atoms. The minimum atomic E-state index is -0.0315. The highest BCUT2D eigenvalue weighted by Gasteiger charge is 2.20. The minimum Gasteiger partial charge on any atom is -0.290 e. The van der Waals surface area contributed by atoms with Crippen molar-refractivity contribution in [1.82, 2.24) is 0 Å². The Morgan fingerprint density at radius 3 is 2.67 bits per heavy atom. The van der Waals surface area contributed by atoms with Crippen molar-refractivity contribution in [2.75, 3.05) is 12.0 Å². The van der Waals surface area contributed by atoms with Gasteiger partial charge in [-0.1, -0.05) is 18.2 Å². The van der Waals surface area contributed by atoms with Crippen LogP contribution in [0.2, 0.25) is 0 Å². The monoisotopic (exact) mass is 201 g/mol. The Labute approximate surface area is 87.7 Å². The van der Waals surface area contributed by atoms with Crippen LogP contribution in [0.4, 0.5) is 5.69 Å². The minimum absolute atomic E-state index is 0.0315. The molecule has 0 aliphatic carbocycles. The fourth-order valence-electron chi connectivity index (χ4n) is 1.32. The number of Topliss-reactive ketones (excluding diaryl/α,β-unsaturated/α-hetero) is 1. The van der Waals surface area contributed by atoms with Gasteiger partial charge in [-0.05, 0) is 19.1 Å². The molecule has 1 aromatic rings. The van der Waals surface area contributed by atoms with Crippen molar-refractivity contribution in [2.24, 2.45) is 10.1 Å². The second kappa shape index (κ2) is 4.04. The maximum atomic E-state index is 11.3. The third kappa shape index (κ3) is 2.10. The van der Waals surface area contributed by atoms with Crippen molar-refractivity contribution in [3.63, 3.8) is 0 Å². The molecule has 4 nitrogen and oxygen atoms in total. The molecule has 0 saturated carbocycles. The topological polar surface area (TPSA) is 53.8 Å². The smallest absolute Gasteiger partial charge is 0.206 e. The first-order chi connectivity index (χ1) is 7.27.